The van der Waals surface area contributed by atoms with Crippen molar-refractivity contribution in [2.24, 2.45) is 0 Å². The standard InChI is InChI=1S/C21H22F2N2/c1-3-10-25(2)14-16-6-4-15(5-7-16)13-24-21-12-18(21)17-8-9-19(22)20(23)11-17/h1,4-9,11,18,21,24H,10,12-14H2,2H3/t18-,21+/m0/s1. The summed E-state index contributed by atoms with van der Waals surface area (Å²) >= 11 is 0. The maximum atomic E-state index is 13.3. The van der Waals surface area contributed by atoms with Crippen molar-refractivity contribution >= 4 is 0 Å². The van der Waals surface area contributed by atoms with Crippen LogP contribution in [0.4, 0.5) is 8.78 Å². The van der Waals surface area contributed by atoms with Crippen LogP contribution < -0.4 is 5.32 Å². The molecule has 0 heterocycles. The summed E-state index contributed by atoms with van der Waals surface area (Å²) in [4.78, 5) is 2.09. The summed E-state index contributed by atoms with van der Waals surface area (Å²) in [5.74, 6) is 1.34. The SMILES string of the molecule is C#CCN(C)Cc1ccc(CN[C@@H]2C[C@H]2c2ccc(F)c(F)c2)cc1. The van der Waals surface area contributed by atoms with E-state index in [1.54, 1.807) is 6.07 Å². The van der Waals surface area contributed by atoms with E-state index >= 15 is 0 Å². The lowest BCUT2D eigenvalue weighted by Crippen LogP contribution is -2.18. The molecular formula is C21H22F2N2. The molecule has 1 saturated carbocycles. The van der Waals surface area contributed by atoms with Gasteiger partial charge in [-0.3, -0.25) is 4.90 Å². The normalized spacial score (nSPS) is 19.0. The minimum absolute atomic E-state index is 0.270. The maximum absolute atomic E-state index is 13.3. The molecular weight excluding hydrogens is 318 g/mol. The quantitative estimate of drug-likeness (QED) is 0.774. The topological polar surface area (TPSA) is 15.3 Å². The van der Waals surface area contributed by atoms with Gasteiger partial charge in [-0.05, 0) is 42.3 Å². The fourth-order valence-electron chi connectivity index (χ4n) is 3.07. The molecule has 1 N–H and O–H groups in total. The van der Waals surface area contributed by atoms with Gasteiger partial charge in [0.1, 0.15) is 0 Å². The van der Waals surface area contributed by atoms with Gasteiger partial charge in [-0.25, -0.2) is 8.78 Å². The van der Waals surface area contributed by atoms with Gasteiger partial charge in [0.15, 0.2) is 11.6 Å². The molecule has 0 saturated heterocycles. The van der Waals surface area contributed by atoms with Gasteiger partial charge in [0.2, 0.25) is 0 Å². The zero-order valence-corrected chi connectivity index (χ0v) is 14.3. The number of hydrogen-bond acceptors (Lipinski definition) is 2. The Morgan fingerprint density at radius 3 is 2.52 bits per heavy atom. The van der Waals surface area contributed by atoms with Crippen molar-refractivity contribution in [3.63, 3.8) is 0 Å². The largest absolute Gasteiger partial charge is 0.309 e. The van der Waals surface area contributed by atoms with Crippen molar-refractivity contribution in [2.75, 3.05) is 13.6 Å². The molecule has 1 aliphatic rings. The average molecular weight is 340 g/mol. The molecule has 0 spiro atoms. The van der Waals surface area contributed by atoms with Crippen LogP contribution in [0.1, 0.15) is 29.0 Å². The molecule has 2 atom stereocenters. The second-order valence-corrected chi connectivity index (χ2v) is 6.70. The van der Waals surface area contributed by atoms with Crippen molar-refractivity contribution in [2.45, 2.75) is 31.5 Å². The molecule has 0 amide bonds. The molecule has 2 aromatic rings. The van der Waals surface area contributed by atoms with E-state index in [0.717, 1.165) is 25.1 Å². The molecule has 0 unspecified atom stereocenters. The van der Waals surface area contributed by atoms with Crippen LogP contribution in [0.2, 0.25) is 0 Å². The van der Waals surface area contributed by atoms with Crippen LogP contribution in [-0.4, -0.2) is 24.5 Å². The van der Waals surface area contributed by atoms with Gasteiger partial charge >= 0.3 is 0 Å². The first-order chi connectivity index (χ1) is 12.1. The predicted molar refractivity (Wildman–Crippen MR) is 96.0 cm³/mol. The van der Waals surface area contributed by atoms with Gasteiger partial charge in [-0.1, -0.05) is 36.3 Å². The van der Waals surface area contributed by atoms with E-state index in [0.29, 0.717) is 12.6 Å². The van der Waals surface area contributed by atoms with Gasteiger partial charge in [0, 0.05) is 25.0 Å². The smallest absolute Gasteiger partial charge is 0.159 e. The molecule has 0 aliphatic heterocycles. The highest BCUT2D eigenvalue weighted by atomic mass is 19.2. The van der Waals surface area contributed by atoms with Crippen LogP contribution >= 0.6 is 0 Å². The minimum Gasteiger partial charge on any atom is -0.309 e. The summed E-state index contributed by atoms with van der Waals surface area (Å²) in [7, 11) is 2.00. The molecule has 0 radical (unpaired) electrons. The Kier molecular flexibility index (Phi) is 5.47. The van der Waals surface area contributed by atoms with Crippen molar-refractivity contribution < 1.29 is 8.78 Å². The first-order valence-corrected chi connectivity index (χ1v) is 8.45. The molecule has 3 rings (SSSR count). The zero-order chi connectivity index (χ0) is 17.8. The van der Waals surface area contributed by atoms with Crippen molar-refractivity contribution in [1.82, 2.24) is 10.2 Å². The number of terminal acetylenes is 1. The summed E-state index contributed by atoms with van der Waals surface area (Å²) in [6.07, 6.45) is 6.27. The van der Waals surface area contributed by atoms with E-state index < -0.39 is 11.6 Å². The highest BCUT2D eigenvalue weighted by Crippen LogP contribution is 2.41. The van der Waals surface area contributed by atoms with Crippen LogP contribution in [-0.2, 0) is 13.1 Å². The second-order valence-electron chi connectivity index (χ2n) is 6.70. The molecule has 2 nitrogen and oxygen atoms in total. The van der Waals surface area contributed by atoms with Crippen LogP contribution in [0.15, 0.2) is 42.5 Å². The summed E-state index contributed by atoms with van der Waals surface area (Å²) in [5, 5.41) is 3.48. The lowest BCUT2D eigenvalue weighted by atomic mass is 10.1. The first-order valence-electron chi connectivity index (χ1n) is 8.45. The van der Waals surface area contributed by atoms with Crippen LogP contribution in [0.25, 0.3) is 0 Å². The Hall–Kier alpha value is -2.22. The molecule has 2 aromatic carbocycles. The van der Waals surface area contributed by atoms with Crippen LogP contribution in [0.3, 0.4) is 0 Å². The monoisotopic (exact) mass is 340 g/mol. The fourth-order valence-corrected chi connectivity index (χ4v) is 3.07. The van der Waals surface area contributed by atoms with Gasteiger partial charge in [-0.15, -0.1) is 6.42 Å². The van der Waals surface area contributed by atoms with Gasteiger partial charge < -0.3 is 5.32 Å². The van der Waals surface area contributed by atoms with E-state index in [4.69, 9.17) is 6.42 Å². The van der Waals surface area contributed by atoms with Crippen molar-refractivity contribution in [1.29, 1.82) is 0 Å². The third kappa shape index (κ3) is 4.66. The molecule has 0 aromatic heterocycles. The lowest BCUT2D eigenvalue weighted by Gasteiger charge is -2.13. The predicted octanol–water partition coefficient (Wildman–Crippen LogP) is 3.68. The first kappa shape index (κ1) is 17.6. The molecule has 130 valence electrons. The average Bonchev–Trinajstić information content (AvgIpc) is 3.37. The number of nitrogens with zero attached hydrogens (tertiary/aromatic N) is 1. The van der Waals surface area contributed by atoms with Gasteiger partial charge in [-0.2, -0.15) is 0 Å². The van der Waals surface area contributed by atoms with Gasteiger partial charge in [0.05, 0.1) is 6.54 Å². The number of nitrogens with one attached hydrogen (secondary N) is 1. The fraction of sp³-hybridized carbons (Fsp3) is 0.333. The van der Waals surface area contributed by atoms with Gasteiger partial charge in [0.25, 0.3) is 0 Å². The number of halogens is 2. The Balaban J connectivity index is 1.48. The minimum atomic E-state index is -0.790. The maximum Gasteiger partial charge on any atom is 0.159 e. The number of rotatable bonds is 7. The van der Waals surface area contributed by atoms with Crippen LogP contribution in [0.5, 0.6) is 0 Å². The molecule has 1 aliphatic carbocycles. The summed E-state index contributed by atoms with van der Waals surface area (Å²) < 4.78 is 26.3. The van der Waals surface area contributed by atoms with Crippen LogP contribution in [0, 0.1) is 24.0 Å². The zero-order valence-electron chi connectivity index (χ0n) is 14.3. The Labute approximate surface area is 147 Å². The Morgan fingerprint density at radius 2 is 1.84 bits per heavy atom. The van der Waals surface area contributed by atoms with E-state index in [9.17, 15) is 8.78 Å². The Bertz CT molecular complexity index is 764. The third-order valence-corrected chi connectivity index (χ3v) is 4.57. The highest BCUT2D eigenvalue weighted by Gasteiger charge is 2.38. The van der Waals surface area contributed by atoms with Crippen molar-refractivity contribution in [3.05, 3.63) is 70.8 Å². The molecule has 25 heavy (non-hydrogen) atoms. The third-order valence-electron chi connectivity index (χ3n) is 4.57. The summed E-state index contributed by atoms with van der Waals surface area (Å²) in [6, 6.07) is 13.0. The Morgan fingerprint density at radius 1 is 1.12 bits per heavy atom. The molecule has 0 bridgehead atoms. The lowest BCUT2D eigenvalue weighted by molar-refractivity contribution is 0.369. The highest BCUT2D eigenvalue weighted by molar-refractivity contribution is 5.29. The van der Waals surface area contributed by atoms with E-state index in [1.807, 2.05) is 7.05 Å². The van der Waals surface area contributed by atoms with E-state index in [-0.39, 0.29) is 5.92 Å². The summed E-state index contributed by atoms with van der Waals surface area (Å²) in [6.45, 7) is 2.24. The van der Waals surface area contributed by atoms with E-state index in [2.05, 4.69) is 40.4 Å². The van der Waals surface area contributed by atoms with Crippen molar-refractivity contribution in [3.8, 4) is 12.3 Å². The second kappa shape index (κ2) is 7.77. The molecule has 4 heteroatoms. The molecule has 1 fully saturated rings. The summed E-state index contributed by atoms with van der Waals surface area (Å²) in [5.41, 5.74) is 3.30. The number of hydrogen-bond donors (Lipinski definition) is 1. The number of benzene rings is 2. The van der Waals surface area contributed by atoms with E-state index in [1.165, 1.54) is 23.3 Å².